The maximum Gasteiger partial charge on any atom is 0.203 e. The van der Waals surface area contributed by atoms with Crippen LogP contribution in [0.1, 0.15) is 15.9 Å². The van der Waals surface area contributed by atoms with Gasteiger partial charge in [0.2, 0.25) is 5.75 Å². The number of Topliss-reactive ketones (excluding diaryl/α,β-unsaturated/α-hetero) is 1. The molecule has 0 aliphatic carbocycles. The fourth-order valence-corrected chi connectivity index (χ4v) is 1.92. The van der Waals surface area contributed by atoms with Crippen molar-refractivity contribution in [3.05, 3.63) is 41.9 Å². The van der Waals surface area contributed by atoms with E-state index in [4.69, 9.17) is 18.6 Å². The van der Waals surface area contributed by atoms with Crippen LogP contribution < -0.4 is 14.2 Å². The predicted octanol–water partition coefficient (Wildman–Crippen LogP) is 2.73. The van der Waals surface area contributed by atoms with Crippen molar-refractivity contribution in [3.8, 4) is 17.2 Å². The molecule has 0 aliphatic rings. The maximum atomic E-state index is 12.3. The number of rotatable bonds is 6. The maximum absolute atomic E-state index is 12.3. The van der Waals surface area contributed by atoms with E-state index in [0.717, 1.165) is 5.56 Å². The van der Waals surface area contributed by atoms with E-state index in [1.54, 1.807) is 24.5 Å². The molecule has 1 heterocycles. The van der Waals surface area contributed by atoms with Crippen molar-refractivity contribution in [2.45, 2.75) is 6.42 Å². The van der Waals surface area contributed by atoms with Crippen LogP contribution in [-0.4, -0.2) is 27.1 Å². The van der Waals surface area contributed by atoms with Crippen LogP contribution in [0.4, 0.5) is 0 Å². The number of methoxy groups -OCH3 is 3. The summed E-state index contributed by atoms with van der Waals surface area (Å²) in [6, 6.07) is 5.05. The van der Waals surface area contributed by atoms with Gasteiger partial charge in [0.25, 0.3) is 0 Å². The molecule has 0 unspecified atom stereocenters. The number of furan rings is 1. The number of hydrogen-bond acceptors (Lipinski definition) is 5. The zero-order valence-electron chi connectivity index (χ0n) is 11.6. The Morgan fingerprint density at radius 2 is 1.75 bits per heavy atom. The fraction of sp³-hybridized carbons (Fsp3) is 0.267. The molecule has 0 N–H and O–H groups in total. The Bertz CT molecular complexity index is 561. The highest BCUT2D eigenvalue weighted by Gasteiger charge is 2.17. The Kier molecular flexibility index (Phi) is 4.30. The third kappa shape index (κ3) is 2.77. The summed E-state index contributed by atoms with van der Waals surface area (Å²) in [5.74, 6) is 1.34. The second kappa shape index (κ2) is 6.14. The van der Waals surface area contributed by atoms with Crippen LogP contribution in [0.2, 0.25) is 0 Å². The van der Waals surface area contributed by atoms with Crippen molar-refractivity contribution in [2.24, 2.45) is 0 Å². The molecule has 0 radical (unpaired) electrons. The Morgan fingerprint density at radius 1 is 1.10 bits per heavy atom. The Morgan fingerprint density at radius 3 is 2.20 bits per heavy atom. The third-order valence-corrected chi connectivity index (χ3v) is 2.93. The molecule has 0 aliphatic heterocycles. The molecule has 5 nitrogen and oxygen atoms in total. The molecule has 0 atom stereocenters. The SMILES string of the molecule is COc1cc(C(=O)Cc2ccoc2)cc(OC)c1OC. The van der Waals surface area contributed by atoms with Gasteiger partial charge in [-0.2, -0.15) is 0 Å². The minimum Gasteiger partial charge on any atom is -0.493 e. The van der Waals surface area contributed by atoms with E-state index in [9.17, 15) is 4.79 Å². The number of hydrogen-bond donors (Lipinski definition) is 0. The summed E-state index contributed by atoms with van der Waals surface area (Å²) in [4.78, 5) is 12.3. The van der Waals surface area contributed by atoms with E-state index in [2.05, 4.69) is 0 Å². The Hall–Kier alpha value is -2.43. The molecule has 20 heavy (non-hydrogen) atoms. The lowest BCUT2D eigenvalue weighted by atomic mass is 10.0. The normalized spacial score (nSPS) is 10.2. The van der Waals surface area contributed by atoms with Crippen LogP contribution in [-0.2, 0) is 6.42 Å². The summed E-state index contributed by atoms with van der Waals surface area (Å²) < 4.78 is 20.6. The highest BCUT2D eigenvalue weighted by Crippen LogP contribution is 2.38. The van der Waals surface area contributed by atoms with Crippen LogP contribution >= 0.6 is 0 Å². The van der Waals surface area contributed by atoms with Crippen LogP contribution in [0.15, 0.2) is 35.1 Å². The van der Waals surface area contributed by atoms with Crippen LogP contribution in [0, 0.1) is 0 Å². The fourth-order valence-electron chi connectivity index (χ4n) is 1.92. The van der Waals surface area contributed by atoms with Crippen molar-refractivity contribution >= 4 is 5.78 Å². The first kappa shape index (κ1) is 14.0. The van der Waals surface area contributed by atoms with Gasteiger partial charge in [0.05, 0.1) is 33.9 Å². The van der Waals surface area contributed by atoms with Crippen LogP contribution in [0.25, 0.3) is 0 Å². The average Bonchev–Trinajstić information content (AvgIpc) is 2.98. The first-order valence-electron chi connectivity index (χ1n) is 6.04. The zero-order valence-corrected chi connectivity index (χ0v) is 11.6. The molecule has 0 bridgehead atoms. The minimum absolute atomic E-state index is 0.0503. The minimum atomic E-state index is -0.0503. The molecule has 5 heteroatoms. The number of ketones is 1. The molecule has 1 aromatic carbocycles. The van der Waals surface area contributed by atoms with Crippen molar-refractivity contribution < 1.29 is 23.4 Å². The quantitative estimate of drug-likeness (QED) is 0.759. The average molecular weight is 276 g/mol. The van der Waals surface area contributed by atoms with Crippen LogP contribution in [0.3, 0.4) is 0 Å². The standard InChI is InChI=1S/C15H16O5/c1-17-13-7-11(8-14(18-2)15(13)19-3)12(16)6-10-4-5-20-9-10/h4-5,7-9H,6H2,1-3H3. The van der Waals surface area contributed by atoms with Crippen molar-refractivity contribution in [2.75, 3.05) is 21.3 Å². The highest BCUT2D eigenvalue weighted by molar-refractivity contribution is 5.98. The van der Waals surface area contributed by atoms with Crippen molar-refractivity contribution in [1.29, 1.82) is 0 Å². The lowest BCUT2D eigenvalue weighted by molar-refractivity contribution is 0.0992. The van der Waals surface area contributed by atoms with E-state index < -0.39 is 0 Å². The van der Waals surface area contributed by atoms with E-state index in [0.29, 0.717) is 22.8 Å². The summed E-state index contributed by atoms with van der Waals surface area (Å²) >= 11 is 0. The summed E-state index contributed by atoms with van der Waals surface area (Å²) in [5, 5.41) is 0. The lowest BCUT2D eigenvalue weighted by Gasteiger charge is -2.13. The molecule has 2 rings (SSSR count). The van der Waals surface area contributed by atoms with E-state index in [-0.39, 0.29) is 12.2 Å². The molecule has 0 amide bonds. The van der Waals surface area contributed by atoms with Gasteiger partial charge < -0.3 is 18.6 Å². The summed E-state index contributed by atoms with van der Waals surface area (Å²) in [7, 11) is 4.55. The molecule has 0 saturated carbocycles. The summed E-state index contributed by atoms with van der Waals surface area (Å²) in [5.41, 5.74) is 1.32. The Labute approximate surface area is 117 Å². The number of carbonyl (C=O) groups excluding carboxylic acids is 1. The van der Waals surface area contributed by atoms with E-state index >= 15 is 0 Å². The topological polar surface area (TPSA) is 57.9 Å². The summed E-state index contributed by atoms with van der Waals surface area (Å²) in [6.07, 6.45) is 3.35. The predicted molar refractivity (Wildman–Crippen MR) is 72.8 cm³/mol. The second-order valence-electron chi connectivity index (χ2n) is 4.15. The molecule has 106 valence electrons. The monoisotopic (exact) mass is 276 g/mol. The van der Waals surface area contributed by atoms with Gasteiger partial charge in [0, 0.05) is 12.0 Å². The van der Waals surface area contributed by atoms with Gasteiger partial charge in [-0.15, -0.1) is 0 Å². The van der Waals surface area contributed by atoms with Crippen molar-refractivity contribution in [1.82, 2.24) is 0 Å². The Balaban J connectivity index is 2.34. The third-order valence-electron chi connectivity index (χ3n) is 2.93. The molecular formula is C15H16O5. The number of benzene rings is 1. The van der Waals surface area contributed by atoms with Crippen LogP contribution in [0.5, 0.6) is 17.2 Å². The van der Waals surface area contributed by atoms with Crippen molar-refractivity contribution in [3.63, 3.8) is 0 Å². The molecule has 0 fully saturated rings. The second-order valence-corrected chi connectivity index (χ2v) is 4.15. The van der Waals surface area contributed by atoms with Gasteiger partial charge in [-0.1, -0.05) is 0 Å². The molecule has 2 aromatic rings. The summed E-state index contributed by atoms with van der Waals surface area (Å²) in [6.45, 7) is 0. The van der Waals surface area contributed by atoms with Gasteiger partial charge in [-0.25, -0.2) is 0 Å². The number of carbonyl (C=O) groups is 1. The smallest absolute Gasteiger partial charge is 0.203 e. The largest absolute Gasteiger partial charge is 0.493 e. The van der Waals surface area contributed by atoms with E-state index in [1.807, 2.05) is 0 Å². The molecule has 0 spiro atoms. The van der Waals surface area contributed by atoms with Gasteiger partial charge in [-0.3, -0.25) is 4.79 Å². The van der Waals surface area contributed by atoms with Gasteiger partial charge >= 0.3 is 0 Å². The lowest BCUT2D eigenvalue weighted by Crippen LogP contribution is -2.05. The molecule has 1 aromatic heterocycles. The first-order valence-corrected chi connectivity index (χ1v) is 6.04. The van der Waals surface area contributed by atoms with Gasteiger partial charge in [-0.05, 0) is 23.8 Å². The van der Waals surface area contributed by atoms with Gasteiger partial charge in [0.15, 0.2) is 17.3 Å². The van der Waals surface area contributed by atoms with E-state index in [1.165, 1.54) is 27.6 Å². The highest BCUT2D eigenvalue weighted by atomic mass is 16.5. The first-order chi connectivity index (χ1) is 9.69. The number of ether oxygens (including phenoxy) is 3. The van der Waals surface area contributed by atoms with Gasteiger partial charge in [0.1, 0.15) is 0 Å². The molecular weight excluding hydrogens is 260 g/mol. The zero-order chi connectivity index (χ0) is 14.5. The molecule has 0 saturated heterocycles.